The van der Waals surface area contributed by atoms with Crippen LogP contribution in [0, 0.1) is 0 Å². The van der Waals surface area contributed by atoms with Gasteiger partial charge in [-0.3, -0.25) is 14.2 Å². The van der Waals surface area contributed by atoms with Crippen LogP contribution in [0.1, 0.15) is 284 Å². The molecule has 0 aliphatic rings. The highest BCUT2D eigenvalue weighted by Gasteiger charge is 2.22. The van der Waals surface area contributed by atoms with E-state index in [1.165, 1.54) is 212 Å². The molecular formula is C56H110NO8P. The highest BCUT2D eigenvalue weighted by Crippen LogP contribution is 2.38. The number of unbranched alkanes of at least 4 members (excludes halogenated alkanes) is 37. The zero-order chi connectivity index (χ0) is 48.5. The summed E-state index contributed by atoms with van der Waals surface area (Å²) in [6, 6.07) is 0. The zero-order valence-corrected chi connectivity index (χ0v) is 45.3. The maximum atomic E-state index is 12.8. The SMILES string of the molecule is CCCCCCCCCC/C=C\CCCCCCCCCCCC(=O)OC(COC(=O)CCCCCCCCCCCCCCCCCCCCCCC)COP(=O)([O-])OCC[N+](C)(C)C. The van der Waals surface area contributed by atoms with Crippen LogP contribution in [0.3, 0.4) is 0 Å². The average Bonchev–Trinajstić information content (AvgIpc) is 3.27. The van der Waals surface area contributed by atoms with E-state index in [0.717, 1.165) is 38.5 Å². The summed E-state index contributed by atoms with van der Waals surface area (Å²) in [5, 5.41) is 0. The van der Waals surface area contributed by atoms with E-state index >= 15 is 0 Å². The van der Waals surface area contributed by atoms with E-state index in [1.54, 1.807) is 0 Å². The zero-order valence-electron chi connectivity index (χ0n) is 44.4. The number of hydrogen-bond donors (Lipinski definition) is 0. The summed E-state index contributed by atoms with van der Waals surface area (Å²) in [5.74, 6) is -0.818. The molecule has 9 nitrogen and oxygen atoms in total. The van der Waals surface area contributed by atoms with Gasteiger partial charge in [-0.25, -0.2) is 0 Å². The van der Waals surface area contributed by atoms with E-state index in [-0.39, 0.29) is 32.0 Å². The molecule has 66 heavy (non-hydrogen) atoms. The third-order valence-corrected chi connectivity index (χ3v) is 13.7. The number of likely N-dealkylation sites (N-methyl/N-ethyl adjacent to an activating group) is 1. The van der Waals surface area contributed by atoms with Crippen molar-refractivity contribution in [1.82, 2.24) is 0 Å². The van der Waals surface area contributed by atoms with Gasteiger partial charge in [-0.15, -0.1) is 0 Å². The molecule has 2 atom stereocenters. The van der Waals surface area contributed by atoms with Crippen molar-refractivity contribution < 1.29 is 42.1 Å². The molecule has 0 saturated carbocycles. The standard InChI is InChI=1S/C56H110NO8P/c1-6-8-10-12-14-16-18-20-22-24-26-28-30-32-34-36-38-40-42-44-46-48-55(58)62-52-54(53-64-66(60,61)63-51-50-57(3,4)5)65-56(59)49-47-45-43-41-39-37-35-33-31-29-27-25-23-21-19-17-15-13-11-9-7-2/h25,27,54H,6-24,26,28-53H2,1-5H3/b27-25-. The first kappa shape index (κ1) is 64.8. The molecule has 0 aromatic carbocycles. The molecule has 0 aliphatic heterocycles. The average molecular weight is 956 g/mol. The van der Waals surface area contributed by atoms with Gasteiger partial charge in [0.2, 0.25) is 0 Å². The molecule has 2 unspecified atom stereocenters. The lowest BCUT2D eigenvalue weighted by atomic mass is 10.0. The van der Waals surface area contributed by atoms with Gasteiger partial charge in [0.25, 0.3) is 7.82 Å². The normalized spacial score (nSPS) is 13.4. The number of carbonyl (C=O) groups is 2. The van der Waals surface area contributed by atoms with Gasteiger partial charge in [0.1, 0.15) is 19.8 Å². The van der Waals surface area contributed by atoms with Crippen LogP contribution in [0.25, 0.3) is 0 Å². The second kappa shape index (κ2) is 48.8. The van der Waals surface area contributed by atoms with Crippen LogP contribution in [0.4, 0.5) is 0 Å². The molecule has 0 rings (SSSR count). The molecule has 0 aromatic rings. The van der Waals surface area contributed by atoms with Gasteiger partial charge in [-0.1, -0.05) is 244 Å². The van der Waals surface area contributed by atoms with Crippen molar-refractivity contribution in [3.8, 4) is 0 Å². The molecular weight excluding hydrogens is 846 g/mol. The van der Waals surface area contributed by atoms with Gasteiger partial charge < -0.3 is 27.9 Å². The Morgan fingerprint density at radius 1 is 0.455 bits per heavy atom. The van der Waals surface area contributed by atoms with E-state index in [1.807, 2.05) is 21.1 Å². The van der Waals surface area contributed by atoms with Crippen molar-refractivity contribution in [1.29, 1.82) is 0 Å². The molecule has 0 radical (unpaired) electrons. The number of ether oxygens (including phenoxy) is 2. The third kappa shape index (κ3) is 52.1. The second-order valence-corrected chi connectivity index (χ2v) is 22.1. The number of carbonyl (C=O) groups excluding carboxylic acids is 2. The molecule has 0 N–H and O–H groups in total. The van der Waals surface area contributed by atoms with Crippen molar-refractivity contribution in [2.75, 3.05) is 47.5 Å². The summed E-state index contributed by atoms with van der Waals surface area (Å²) in [5.41, 5.74) is 0. The minimum Gasteiger partial charge on any atom is -0.756 e. The predicted octanol–water partition coefficient (Wildman–Crippen LogP) is 16.6. The quantitative estimate of drug-likeness (QED) is 0.0195. The number of quaternary nitrogens is 1. The molecule has 0 aromatic heterocycles. The van der Waals surface area contributed by atoms with E-state index < -0.39 is 26.5 Å². The lowest BCUT2D eigenvalue weighted by molar-refractivity contribution is -0.870. The Morgan fingerprint density at radius 3 is 1.12 bits per heavy atom. The van der Waals surface area contributed by atoms with Gasteiger partial charge in [0, 0.05) is 12.8 Å². The van der Waals surface area contributed by atoms with Crippen LogP contribution >= 0.6 is 7.82 Å². The van der Waals surface area contributed by atoms with Crippen molar-refractivity contribution in [3.05, 3.63) is 12.2 Å². The van der Waals surface area contributed by atoms with Crippen LogP contribution in [-0.4, -0.2) is 70.0 Å². The molecule has 0 aliphatic carbocycles. The fourth-order valence-electron chi connectivity index (χ4n) is 8.36. The number of phosphoric ester groups is 1. The highest BCUT2D eigenvalue weighted by molar-refractivity contribution is 7.45. The third-order valence-electron chi connectivity index (χ3n) is 12.8. The van der Waals surface area contributed by atoms with E-state index in [4.69, 9.17) is 18.5 Å². The minimum atomic E-state index is -4.63. The van der Waals surface area contributed by atoms with Crippen LogP contribution in [-0.2, 0) is 32.7 Å². The van der Waals surface area contributed by atoms with Crippen LogP contribution in [0.5, 0.6) is 0 Å². The number of phosphoric acid groups is 1. The molecule has 10 heteroatoms. The lowest BCUT2D eigenvalue weighted by Gasteiger charge is -2.28. The Kier molecular flexibility index (Phi) is 47.8. The summed E-state index contributed by atoms with van der Waals surface area (Å²) >= 11 is 0. The van der Waals surface area contributed by atoms with Gasteiger partial charge in [-0.2, -0.15) is 0 Å². The number of nitrogens with zero attached hydrogens (tertiary/aromatic N) is 1. The summed E-state index contributed by atoms with van der Waals surface area (Å²) in [6.45, 7) is 4.29. The molecule has 0 fully saturated rings. The van der Waals surface area contributed by atoms with Gasteiger partial charge in [-0.05, 0) is 38.5 Å². The Morgan fingerprint density at radius 2 is 0.773 bits per heavy atom. The second-order valence-electron chi connectivity index (χ2n) is 20.7. The Labute approximate surface area is 409 Å². The number of esters is 2. The van der Waals surface area contributed by atoms with Crippen molar-refractivity contribution >= 4 is 19.8 Å². The van der Waals surface area contributed by atoms with Crippen molar-refractivity contribution in [2.24, 2.45) is 0 Å². The maximum absolute atomic E-state index is 12.8. The largest absolute Gasteiger partial charge is 0.756 e. The van der Waals surface area contributed by atoms with Gasteiger partial charge in [0.15, 0.2) is 6.10 Å². The van der Waals surface area contributed by atoms with E-state index in [9.17, 15) is 19.0 Å². The number of rotatable bonds is 53. The number of hydrogen-bond acceptors (Lipinski definition) is 8. The first-order valence-corrected chi connectivity index (χ1v) is 29.9. The molecule has 0 amide bonds. The summed E-state index contributed by atoms with van der Waals surface area (Å²) in [4.78, 5) is 37.8. The minimum absolute atomic E-state index is 0.0275. The van der Waals surface area contributed by atoms with Gasteiger partial charge >= 0.3 is 11.9 Å². The Balaban J connectivity index is 4.15. The smallest absolute Gasteiger partial charge is 0.306 e. The lowest BCUT2D eigenvalue weighted by Crippen LogP contribution is -2.37. The first-order chi connectivity index (χ1) is 32.0. The molecule has 392 valence electrons. The fourth-order valence-corrected chi connectivity index (χ4v) is 9.09. The highest BCUT2D eigenvalue weighted by atomic mass is 31.2. The Bertz CT molecular complexity index is 1130. The molecule has 0 spiro atoms. The Hall–Kier alpha value is -1.25. The number of allylic oxidation sites excluding steroid dienone is 2. The van der Waals surface area contributed by atoms with Crippen molar-refractivity contribution in [2.45, 2.75) is 290 Å². The fraction of sp³-hybridized carbons (Fsp3) is 0.929. The summed E-state index contributed by atoms with van der Waals surface area (Å²) in [7, 11) is 1.18. The predicted molar refractivity (Wildman–Crippen MR) is 278 cm³/mol. The summed E-state index contributed by atoms with van der Waals surface area (Å²) in [6.07, 6.45) is 55.3. The van der Waals surface area contributed by atoms with Crippen LogP contribution in [0.2, 0.25) is 0 Å². The molecule has 0 bridgehead atoms. The van der Waals surface area contributed by atoms with E-state index in [2.05, 4.69) is 26.0 Å². The molecule has 0 saturated heterocycles. The van der Waals surface area contributed by atoms with Crippen LogP contribution in [0.15, 0.2) is 12.2 Å². The maximum Gasteiger partial charge on any atom is 0.306 e. The first-order valence-electron chi connectivity index (χ1n) is 28.4. The topological polar surface area (TPSA) is 111 Å². The van der Waals surface area contributed by atoms with E-state index in [0.29, 0.717) is 17.4 Å². The monoisotopic (exact) mass is 956 g/mol. The summed E-state index contributed by atoms with van der Waals surface area (Å²) < 4.78 is 34.2. The van der Waals surface area contributed by atoms with Crippen molar-refractivity contribution in [3.63, 3.8) is 0 Å². The van der Waals surface area contributed by atoms with Gasteiger partial charge in [0.05, 0.1) is 27.7 Å². The molecule has 0 heterocycles. The van der Waals surface area contributed by atoms with Crippen LogP contribution < -0.4 is 4.89 Å².